The van der Waals surface area contributed by atoms with Crippen molar-refractivity contribution < 1.29 is 35.6 Å². The molecule has 3 fully saturated rings. The number of halogens is 2. The molecule has 0 radical (unpaired) electrons. The fraction of sp³-hybridized carbons (Fsp3) is 0.424. The van der Waals surface area contributed by atoms with Crippen LogP contribution in [0.25, 0.3) is 22.0 Å². The molecular weight excluding hydrogens is 777 g/mol. The summed E-state index contributed by atoms with van der Waals surface area (Å²) in [5.74, 6) is 0.589. The van der Waals surface area contributed by atoms with Crippen molar-refractivity contribution in [2.24, 2.45) is 0 Å². The number of likely N-dealkylation sites (tertiary alicyclic amines) is 1. The Balaban J connectivity index is 1.21. The molecule has 3 atom stereocenters. The molecule has 3 aliphatic heterocycles. The van der Waals surface area contributed by atoms with Crippen molar-refractivity contribution >= 4 is 50.2 Å². The number of fused-ring (bicyclic) bond motifs is 2. The molecule has 3 aliphatic rings. The fourth-order valence-corrected chi connectivity index (χ4v) is 11.2. The van der Waals surface area contributed by atoms with Crippen LogP contribution in [0.15, 0.2) is 41.3 Å². The number of alkyl halides is 2. The first-order chi connectivity index (χ1) is 22.5. The quantitative estimate of drug-likeness (QED) is 0.0835. The number of nitrogens with zero attached hydrogens (tertiary/aromatic N) is 7. The Labute approximate surface area is 291 Å². The third-order valence-electron chi connectivity index (χ3n) is 9.17. The Morgan fingerprint density at radius 3 is 2.53 bits per heavy atom. The van der Waals surface area contributed by atoms with E-state index >= 15 is 0 Å². The Bertz CT molecular complexity index is 1910. The van der Waals surface area contributed by atoms with Crippen LogP contribution in [0.5, 0.6) is 0 Å². The van der Waals surface area contributed by atoms with Gasteiger partial charge in [0.2, 0.25) is 0 Å². The first-order valence-corrected chi connectivity index (χ1v) is 18.8. The molecule has 14 heteroatoms. The van der Waals surface area contributed by atoms with Crippen LogP contribution in [-0.2, 0) is 16.1 Å². The van der Waals surface area contributed by atoms with Crippen LogP contribution in [0.2, 0.25) is 0 Å². The number of pyridine rings is 1. The second kappa shape index (κ2) is 12.6. The Kier molecular flexibility index (Phi) is 8.64. The molecule has 4 aromatic rings. The molecule has 3 saturated heterocycles. The van der Waals surface area contributed by atoms with Crippen LogP contribution in [0.1, 0.15) is 40.8 Å². The molecule has 0 unspecified atom stereocenters. The molecule has 2 amide bonds. The number of rotatable bonds is 8. The van der Waals surface area contributed by atoms with Crippen molar-refractivity contribution in [2.75, 3.05) is 38.0 Å². The zero-order chi connectivity index (χ0) is 33.0. The number of benzene rings is 1. The summed E-state index contributed by atoms with van der Waals surface area (Å²) in [7, 11) is 0. The number of hydrogen-bond donors (Lipinski definition) is 2. The van der Waals surface area contributed by atoms with Gasteiger partial charge < -0.3 is 0 Å². The number of ketones is 1. The molecule has 246 valence electrons. The molecule has 0 saturated carbocycles. The molecule has 7 rings (SSSR count). The van der Waals surface area contributed by atoms with Gasteiger partial charge >= 0.3 is 280 Å². The first kappa shape index (κ1) is 32.2. The summed E-state index contributed by atoms with van der Waals surface area (Å²) in [5.41, 5.74) is 4.47. The number of piperazine rings is 1. The van der Waals surface area contributed by atoms with Crippen LogP contribution in [0.4, 0.5) is 5.82 Å². The maximum atomic E-state index is 14.4. The van der Waals surface area contributed by atoms with E-state index in [1.807, 2.05) is 49.9 Å². The molecule has 6 heterocycles. The van der Waals surface area contributed by atoms with Gasteiger partial charge in [0.05, 0.1) is 0 Å². The summed E-state index contributed by atoms with van der Waals surface area (Å²) in [6, 6.07) is 7.04. The summed E-state index contributed by atoms with van der Waals surface area (Å²) in [5, 5.41) is 11.8. The molecule has 2 N–H and O–H groups in total. The van der Waals surface area contributed by atoms with Gasteiger partial charge in [-0.1, -0.05) is 0 Å². The third kappa shape index (κ3) is 6.20. The van der Waals surface area contributed by atoms with Gasteiger partial charge in [-0.2, -0.15) is 0 Å². The standard InChI is InChI=1S/C33H36BrIN9O3/c1-18-5-6-26(34)39-30(18)40-31(47)25-13-33(17-42-9-7-36-8-10-42)32(35-33)44(25)27(46)16-43-29-19(2)11-22(23-14-37-21(4)38-15-23)12-24(29)28(41-43)20(3)45/h5-6,11-12,14-15,25,32,36H,7-10,13,16-17H2,1-4H3,(H,39,40,47)/q-1/t25-,32-,33-/m0/s1. The zero-order valence-electron chi connectivity index (χ0n) is 26.7. The zero-order valence-corrected chi connectivity index (χ0v) is 30.4. The van der Waals surface area contributed by atoms with Crippen molar-refractivity contribution in [3.8, 4) is 11.1 Å². The number of aromatic nitrogens is 5. The number of hydrogen-bond acceptors (Lipinski definition) is 9. The fourth-order valence-electron chi connectivity index (χ4n) is 6.78. The van der Waals surface area contributed by atoms with Crippen LogP contribution >= 0.6 is 15.9 Å². The van der Waals surface area contributed by atoms with Crippen molar-refractivity contribution in [3.05, 3.63) is 63.9 Å². The normalized spacial score (nSPS) is 22.5. The predicted molar refractivity (Wildman–Crippen MR) is 177 cm³/mol. The Morgan fingerprint density at radius 2 is 1.81 bits per heavy atom. The van der Waals surface area contributed by atoms with Crippen molar-refractivity contribution in [2.45, 2.75) is 54.2 Å². The van der Waals surface area contributed by atoms with Gasteiger partial charge in [-0.05, 0) is 6.92 Å². The van der Waals surface area contributed by atoms with E-state index in [2.05, 4.69) is 51.5 Å². The molecule has 3 aromatic heterocycles. The van der Waals surface area contributed by atoms with E-state index in [0.717, 1.165) is 60.5 Å². The van der Waals surface area contributed by atoms with E-state index < -0.39 is 6.04 Å². The first-order valence-electron chi connectivity index (χ1n) is 15.7. The number of amides is 2. The number of nitrogens with one attached hydrogen (secondary N) is 2. The maximum absolute atomic E-state index is 14.4. The second-order valence-electron chi connectivity index (χ2n) is 12.6. The van der Waals surface area contributed by atoms with Crippen molar-refractivity contribution in [3.63, 3.8) is 0 Å². The second-order valence-corrected chi connectivity index (χ2v) is 17.3. The van der Waals surface area contributed by atoms with Gasteiger partial charge in [0, 0.05) is 0 Å². The Morgan fingerprint density at radius 1 is 1.06 bits per heavy atom. The van der Waals surface area contributed by atoms with E-state index in [9.17, 15) is 14.4 Å². The summed E-state index contributed by atoms with van der Waals surface area (Å²) < 4.78 is 2.32. The average molecular weight is 814 g/mol. The molecule has 47 heavy (non-hydrogen) atoms. The summed E-state index contributed by atoms with van der Waals surface area (Å²) in [6.45, 7) is 11.8. The summed E-state index contributed by atoms with van der Waals surface area (Å²) in [4.78, 5) is 58.6. The van der Waals surface area contributed by atoms with E-state index in [4.69, 9.17) is 0 Å². The van der Waals surface area contributed by atoms with Gasteiger partial charge in [0.25, 0.3) is 0 Å². The topological polar surface area (TPSA) is 138 Å². The number of anilines is 1. The Hall–Kier alpha value is -3.34. The minimum atomic E-state index is -0.618. The van der Waals surface area contributed by atoms with Gasteiger partial charge in [-0.3, -0.25) is 0 Å². The predicted octanol–water partition coefficient (Wildman–Crippen LogP) is 0.0910. The SMILES string of the molecule is CC(=O)c1nn(CC(=O)N2[C@H](C(=O)Nc3nc(Br)ccc3C)C[C@@]3(CN4CCNCC4)[I-][C@@H]23)c2c(C)cc(-c3cnc(C)nc3)cc12. The molecule has 0 spiro atoms. The molecule has 12 nitrogen and oxygen atoms in total. The number of carbonyl (C=O) groups is 3. The summed E-state index contributed by atoms with van der Waals surface area (Å²) >= 11 is 3.08. The van der Waals surface area contributed by atoms with E-state index in [-0.39, 0.29) is 52.8 Å². The summed E-state index contributed by atoms with van der Waals surface area (Å²) in [6.07, 6.45) is 4.16. The van der Waals surface area contributed by atoms with Crippen LogP contribution in [0, 0.1) is 20.8 Å². The van der Waals surface area contributed by atoms with Gasteiger partial charge in [0.15, 0.2) is 0 Å². The average Bonchev–Trinajstić information content (AvgIpc) is 3.43. The van der Waals surface area contributed by atoms with Gasteiger partial charge in [0.1, 0.15) is 5.82 Å². The molecule has 0 bridgehead atoms. The van der Waals surface area contributed by atoms with Crippen LogP contribution in [0.3, 0.4) is 0 Å². The minimum absolute atomic E-state index is 0.0225. The monoisotopic (exact) mass is 812 g/mol. The van der Waals surface area contributed by atoms with Crippen molar-refractivity contribution in [1.82, 2.24) is 39.8 Å². The number of aryl methyl sites for hydroxylation is 3. The van der Waals surface area contributed by atoms with Crippen molar-refractivity contribution in [1.29, 1.82) is 0 Å². The van der Waals surface area contributed by atoms with E-state index in [1.54, 1.807) is 17.1 Å². The molecule has 0 aliphatic carbocycles. The third-order valence-corrected chi connectivity index (χ3v) is 13.9. The van der Waals surface area contributed by atoms with Crippen LogP contribution in [-0.4, -0.2) is 98.4 Å². The molecular formula is C33H36BrIN9O3-. The van der Waals surface area contributed by atoms with E-state index in [1.165, 1.54) is 6.92 Å². The molecule has 1 aromatic carbocycles. The van der Waals surface area contributed by atoms with Gasteiger partial charge in [-0.25, -0.2) is 0 Å². The van der Waals surface area contributed by atoms with Crippen LogP contribution < -0.4 is 31.8 Å². The van der Waals surface area contributed by atoms with Gasteiger partial charge in [-0.15, -0.1) is 0 Å². The number of carbonyl (C=O) groups excluding carboxylic acids is 3. The number of Topliss-reactive ketones (excluding diaryl/α,β-unsaturated/α-hetero) is 1. The van der Waals surface area contributed by atoms with E-state index in [0.29, 0.717) is 33.7 Å².